The quantitative estimate of drug-likeness (QED) is 0.690. The molecule has 1 saturated heterocycles. The fourth-order valence-corrected chi connectivity index (χ4v) is 3.75. The van der Waals surface area contributed by atoms with E-state index in [4.69, 9.17) is 4.74 Å². The highest BCUT2D eigenvalue weighted by Crippen LogP contribution is 2.32. The molecule has 2 aromatic heterocycles. The predicted molar refractivity (Wildman–Crippen MR) is 108 cm³/mol. The van der Waals surface area contributed by atoms with Crippen LogP contribution in [0.3, 0.4) is 0 Å². The zero-order valence-electron chi connectivity index (χ0n) is 16.0. The fraction of sp³-hybridized carbons (Fsp3) is 0.450. The molecule has 3 rings (SSSR count). The van der Waals surface area contributed by atoms with E-state index in [2.05, 4.69) is 50.8 Å². The van der Waals surface area contributed by atoms with Gasteiger partial charge in [-0.15, -0.1) is 0 Å². The summed E-state index contributed by atoms with van der Waals surface area (Å²) in [5.74, 6) is -0.291. The lowest BCUT2D eigenvalue weighted by atomic mass is 10.0. The molecule has 2 aromatic rings. The van der Waals surface area contributed by atoms with Gasteiger partial charge in [0.05, 0.1) is 23.1 Å². The highest BCUT2D eigenvalue weighted by Gasteiger charge is 2.31. The topological polar surface area (TPSA) is 37.2 Å². The maximum atomic E-state index is 12.6. The zero-order valence-corrected chi connectivity index (χ0v) is 17.6. The van der Waals surface area contributed by atoms with Crippen LogP contribution < -0.4 is 0 Å². The number of likely N-dealkylation sites (tertiary alicyclic amines) is 1. The van der Waals surface area contributed by atoms with Crippen molar-refractivity contribution < 1.29 is 9.53 Å². The number of ether oxygens (including phenoxy) is 1. The van der Waals surface area contributed by atoms with Crippen molar-refractivity contribution in [3.05, 3.63) is 46.2 Å². The van der Waals surface area contributed by atoms with E-state index in [1.54, 1.807) is 0 Å². The highest BCUT2D eigenvalue weighted by molar-refractivity contribution is 9.10. The van der Waals surface area contributed by atoms with Crippen molar-refractivity contribution in [2.45, 2.75) is 32.9 Å². The van der Waals surface area contributed by atoms with Crippen LogP contribution in [0.1, 0.15) is 35.5 Å². The van der Waals surface area contributed by atoms with Crippen molar-refractivity contribution >= 4 is 33.1 Å². The molecule has 140 valence electrons. The van der Waals surface area contributed by atoms with Crippen molar-refractivity contribution in [3.63, 3.8) is 0 Å². The Kier molecular flexibility index (Phi) is 5.17. The summed E-state index contributed by atoms with van der Waals surface area (Å²) in [5, 5.41) is 0. The second-order valence-electron chi connectivity index (χ2n) is 7.41. The Bertz CT molecular complexity index is 864. The third-order valence-electron chi connectivity index (χ3n) is 4.92. The number of carbonyl (C=O) groups is 1. The van der Waals surface area contributed by atoms with Crippen LogP contribution in [0.2, 0.25) is 0 Å². The molecular formula is C20H26BrN3O2. The van der Waals surface area contributed by atoms with Crippen LogP contribution in [0, 0.1) is 6.92 Å². The Balaban J connectivity index is 2.04. The van der Waals surface area contributed by atoms with Crippen molar-refractivity contribution in [2.24, 2.45) is 0 Å². The second-order valence-corrected chi connectivity index (χ2v) is 8.32. The molecule has 0 aromatic carbocycles. The summed E-state index contributed by atoms with van der Waals surface area (Å²) in [7, 11) is 4.19. The average molecular weight is 420 g/mol. The first-order chi connectivity index (χ1) is 12.2. The number of aromatic nitrogens is 1. The van der Waals surface area contributed by atoms with E-state index in [-0.39, 0.29) is 12.1 Å². The van der Waals surface area contributed by atoms with Gasteiger partial charge in [-0.1, -0.05) is 6.58 Å². The first kappa shape index (κ1) is 19.0. The number of hydrogen-bond donors (Lipinski definition) is 0. The van der Waals surface area contributed by atoms with Crippen LogP contribution in [0.5, 0.6) is 0 Å². The molecule has 0 saturated carbocycles. The molecule has 3 heterocycles. The number of esters is 1. The summed E-state index contributed by atoms with van der Waals surface area (Å²) < 4.78 is 8.51. The highest BCUT2D eigenvalue weighted by atomic mass is 79.9. The summed E-state index contributed by atoms with van der Waals surface area (Å²) in [4.78, 5) is 17.1. The van der Waals surface area contributed by atoms with E-state index in [0.717, 1.165) is 40.0 Å². The van der Waals surface area contributed by atoms with Crippen LogP contribution >= 0.6 is 15.9 Å². The van der Waals surface area contributed by atoms with Crippen molar-refractivity contribution in [1.29, 1.82) is 0 Å². The molecule has 1 fully saturated rings. The van der Waals surface area contributed by atoms with Gasteiger partial charge in [0.15, 0.2) is 0 Å². The molecule has 5 nitrogen and oxygen atoms in total. The van der Waals surface area contributed by atoms with Crippen LogP contribution in [0.4, 0.5) is 0 Å². The lowest BCUT2D eigenvalue weighted by Crippen LogP contribution is -2.56. The predicted octanol–water partition coefficient (Wildman–Crippen LogP) is 3.79. The Morgan fingerprint density at radius 2 is 2.00 bits per heavy atom. The molecule has 0 amide bonds. The minimum absolute atomic E-state index is 0.153. The number of likely N-dealkylation sites (N-methyl/N-ethyl adjacent to an activating group) is 1. The molecule has 1 aliphatic rings. The van der Waals surface area contributed by atoms with Gasteiger partial charge in [-0.3, -0.25) is 0 Å². The molecular weight excluding hydrogens is 394 g/mol. The lowest BCUT2D eigenvalue weighted by molar-refractivity contribution is 0.0377. The minimum atomic E-state index is -0.291. The number of fused-ring (bicyclic) bond motifs is 1. The summed E-state index contributed by atoms with van der Waals surface area (Å²) in [6.07, 6.45) is 1.86. The minimum Gasteiger partial charge on any atom is -0.459 e. The summed E-state index contributed by atoms with van der Waals surface area (Å²) in [6, 6.07) is 4.43. The maximum Gasteiger partial charge on any atom is 0.338 e. The van der Waals surface area contributed by atoms with E-state index in [1.807, 2.05) is 39.1 Å². The average Bonchev–Trinajstić information content (AvgIpc) is 2.83. The largest absolute Gasteiger partial charge is 0.459 e. The Labute approximate surface area is 163 Å². The van der Waals surface area contributed by atoms with Crippen LogP contribution in [-0.4, -0.2) is 59.5 Å². The maximum absolute atomic E-state index is 12.6. The number of nitrogens with zero attached hydrogens (tertiary/aromatic N) is 3. The molecule has 0 N–H and O–H groups in total. The number of hydrogen-bond acceptors (Lipinski definition) is 4. The second kappa shape index (κ2) is 7.08. The van der Waals surface area contributed by atoms with E-state index in [9.17, 15) is 4.79 Å². The van der Waals surface area contributed by atoms with Gasteiger partial charge in [-0.25, -0.2) is 4.79 Å². The third kappa shape index (κ3) is 3.40. The fourth-order valence-electron chi connectivity index (χ4n) is 3.31. The smallest absolute Gasteiger partial charge is 0.338 e. The summed E-state index contributed by atoms with van der Waals surface area (Å²) in [5.41, 5.74) is 4.33. The SMILES string of the molecule is C=C(c1c(C)c(C(=O)OC(C)C)cc2cc(Br)cn12)N1CC(N(C)C)C1. The molecule has 0 radical (unpaired) electrons. The van der Waals surface area contributed by atoms with Crippen LogP contribution in [0.25, 0.3) is 11.2 Å². The number of carbonyl (C=O) groups excluding carboxylic acids is 1. The summed E-state index contributed by atoms with van der Waals surface area (Å²) >= 11 is 3.54. The van der Waals surface area contributed by atoms with E-state index in [0.29, 0.717) is 11.6 Å². The molecule has 0 atom stereocenters. The number of pyridine rings is 1. The normalized spacial score (nSPS) is 15.0. The number of rotatable bonds is 5. The van der Waals surface area contributed by atoms with Gasteiger partial charge in [0.1, 0.15) is 0 Å². The van der Waals surface area contributed by atoms with Gasteiger partial charge < -0.3 is 18.9 Å². The Hall–Kier alpha value is -1.79. The molecule has 0 bridgehead atoms. The zero-order chi connectivity index (χ0) is 19.2. The first-order valence-electron chi connectivity index (χ1n) is 8.82. The van der Waals surface area contributed by atoms with Crippen molar-refractivity contribution in [1.82, 2.24) is 14.2 Å². The van der Waals surface area contributed by atoms with E-state index in [1.165, 1.54) is 0 Å². The number of halogens is 1. The van der Waals surface area contributed by atoms with E-state index >= 15 is 0 Å². The van der Waals surface area contributed by atoms with Gasteiger partial charge in [0.25, 0.3) is 0 Å². The van der Waals surface area contributed by atoms with Crippen LogP contribution in [-0.2, 0) is 4.74 Å². The molecule has 1 aliphatic heterocycles. The van der Waals surface area contributed by atoms with Gasteiger partial charge in [-0.05, 0) is 68.5 Å². The van der Waals surface area contributed by atoms with Crippen molar-refractivity contribution in [2.75, 3.05) is 27.2 Å². The third-order valence-corrected chi connectivity index (χ3v) is 5.35. The Morgan fingerprint density at radius 1 is 1.35 bits per heavy atom. The first-order valence-corrected chi connectivity index (χ1v) is 9.61. The van der Waals surface area contributed by atoms with Crippen LogP contribution in [0.15, 0.2) is 29.4 Å². The molecule has 6 heteroatoms. The Morgan fingerprint density at radius 3 is 2.58 bits per heavy atom. The van der Waals surface area contributed by atoms with Gasteiger partial charge in [0, 0.05) is 35.3 Å². The monoisotopic (exact) mass is 419 g/mol. The van der Waals surface area contributed by atoms with Gasteiger partial charge >= 0.3 is 5.97 Å². The molecule has 26 heavy (non-hydrogen) atoms. The molecule has 0 aliphatic carbocycles. The standard InChI is InChI=1S/C20H26BrN3O2/c1-12(2)26-20(25)18-8-16-7-15(21)9-24(16)19(13(18)3)14(4)23-10-17(11-23)22(5)6/h7-9,12,17H,4,10-11H2,1-3,5-6H3. The van der Waals surface area contributed by atoms with E-state index < -0.39 is 0 Å². The molecule has 0 unspecified atom stereocenters. The van der Waals surface area contributed by atoms with Crippen molar-refractivity contribution in [3.8, 4) is 0 Å². The molecule has 0 spiro atoms. The van der Waals surface area contributed by atoms with Gasteiger partial charge in [0.2, 0.25) is 0 Å². The summed E-state index contributed by atoms with van der Waals surface area (Å²) in [6.45, 7) is 11.9. The lowest BCUT2D eigenvalue weighted by Gasteiger charge is -2.45. The van der Waals surface area contributed by atoms with Gasteiger partial charge in [-0.2, -0.15) is 0 Å².